The molecule has 3 N–H and O–H groups in total. The van der Waals surface area contributed by atoms with E-state index >= 15 is 0 Å². The van der Waals surface area contributed by atoms with E-state index < -0.39 is 12.0 Å². The van der Waals surface area contributed by atoms with Crippen LogP contribution in [0.4, 0.5) is 17.1 Å². The SMILES string of the molecule is COC(=O)c1ccc(C)c(NC(C)C(=O)Nc2ccc(NC(C)=O)cc2)c1. The van der Waals surface area contributed by atoms with Crippen molar-refractivity contribution in [2.45, 2.75) is 26.8 Å². The maximum absolute atomic E-state index is 12.4. The third-order valence-corrected chi connectivity index (χ3v) is 3.90. The molecule has 1 atom stereocenters. The fraction of sp³-hybridized carbons (Fsp3) is 0.250. The van der Waals surface area contributed by atoms with Gasteiger partial charge in [0.15, 0.2) is 0 Å². The van der Waals surface area contributed by atoms with Crippen molar-refractivity contribution < 1.29 is 19.1 Å². The summed E-state index contributed by atoms with van der Waals surface area (Å²) >= 11 is 0. The summed E-state index contributed by atoms with van der Waals surface area (Å²) in [5, 5.41) is 8.58. The number of methoxy groups -OCH3 is 1. The van der Waals surface area contributed by atoms with Crippen molar-refractivity contribution >= 4 is 34.8 Å². The molecule has 1 unspecified atom stereocenters. The Kier molecular flexibility index (Phi) is 6.54. The summed E-state index contributed by atoms with van der Waals surface area (Å²) < 4.78 is 4.72. The number of hydrogen-bond acceptors (Lipinski definition) is 5. The van der Waals surface area contributed by atoms with E-state index in [2.05, 4.69) is 16.0 Å². The summed E-state index contributed by atoms with van der Waals surface area (Å²) in [6.07, 6.45) is 0. The van der Waals surface area contributed by atoms with E-state index in [-0.39, 0.29) is 11.8 Å². The number of esters is 1. The highest BCUT2D eigenvalue weighted by Gasteiger charge is 2.15. The zero-order chi connectivity index (χ0) is 20.0. The van der Waals surface area contributed by atoms with Crippen molar-refractivity contribution in [1.82, 2.24) is 0 Å². The molecule has 27 heavy (non-hydrogen) atoms. The molecule has 0 aliphatic heterocycles. The van der Waals surface area contributed by atoms with E-state index in [4.69, 9.17) is 4.74 Å². The lowest BCUT2D eigenvalue weighted by molar-refractivity contribution is -0.116. The van der Waals surface area contributed by atoms with E-state index in [1.165, 1.54) is 14.0 Å². The molecule has 0 saturated heterocycles. The number of anilines is 3. The van der Waals surface area contributed by atoms with Crippen molar-refractivity contribution in [3.05, 3.63) is 53.6 Å². The molecule has 0 radical (unpaired) electrons. The first-order valence-corrected chi connectivity index (χ1v) is 8.44. The molecular formula is C20H23N3O4. The van der Waals surface area contributed by atoms with Gasteiger partial charge in [-0.3, -0.25) is 9.59 Å². The average molecular weight is 369 g/mol. The zero-order valence-corrected chi connectivity index (χ0v) is 15.8. The van der Waals surface area contributed by atoms with Gasteiger partial charge in [-0.2, -0.15) is 0 Å². The van der Waals surface area contributed by atoms with Crippen molar-refractivity contribution in [3.63, 3.8) is 0 Å². The monoisotopic (exact) mass is 369 g/mol. The number of ether oxygens (including phenoxy) is 1. The van der Waals surface area contributed by atoms with Crippen LogP contribution in [-0.4, -0.2) is 30.9 Å². The van der Waals surface area contributed by atoms with E-state index in [0.717, 1.165) is 5.56 Å². The summed E-state index contributed by atoms with van der Waals surface area (Å²) in [6, 6.07) is 11.4. The number of carbonyl (C=O) groups is 3. The lowest BCUT2D eigenvalue weighted by atomic mass is 10.1. The van der Waals surface area contributed by atoms with Gasteiger partial charge in [-0.05, 0) is 55.8 Å². The third-order valence-electron chi connectivity index (χ3n) is 3.90. The minimum absolute atomic E-state index is 0.158. The minimum Gasteiger partial charge on any atom is -0.465 e. The molecule has 0 aliphatic carbocycles. The molecule has 0 aromatic heterocycles. The van der Waals surface area contributed by atoms with Crippen LogP contribution in [0.2, 0.25) is 0 Å². The lowest BCUT2D eigenvalue weighted by Gasteiger charge is -2.17. The van der Waals surface area contributed by atoms with Crippen molar-refractivity contribution in [3.8, 4) is 0 Å². The molecule has 0 aliphatic rings. The molecule has 142 valence electrons. The lowest BCUT2D eigenvalue weighted by Crippen LogP contribution is -2.32. The van der Waals surface area contributed by atoms with E-state index in [0.29, 0.717) is 22.6 Å². The number of nitrogens with one attached hydrogen (secondary N) is 3. The zero-order valence-electron chi connectivity index (χ0n) is 15.8. The summed E-state index contributed by atoms with van der Waals surface area (Å²) in [6.45, 7) is 5.04. The molecule has 0 spiro atoms. The second-order valence-electron chi connectivity index (χ2n) is 6.14. The van der Waals surface area contributed by atoms with Gasteiger partial charge >= 0.3 is 5.97 Å². The maximum Gasteiger partial charge on any atom is 0.337 e. The topological polar surface area (TPSA) is 96.5 Å². The first-order valence-electron chi connectivity index (χ1n) is 8.44. The standard InChI is InChI=1S/C20H23N3O4/c1-12-5-6-15(20(26)27-4)11-18(12)21-13(2)19(25)23-17-9-7-16(8-10-17)22-14(3)24/h5-11,13,21H,1-4H3,(H,22,24)(H,23,25). The van der Waals surface area contributed by atoms with Gasteiger partial charge in [-0.25, -0.2) is 4.79 Å². The summed E-state index contributed by atoms with van der Waals surface area (Å²) in [4.78, 5) is 35.1. The fourth-order valence-corrected chi connectivity index (χ4v) is 2.41. The molecule has 2 aromatic rings. The second-order valence-corrected chi connectivity index (χ2v) is 6.14. The third kappa shape index (κ3) is 5.57. The molecular weight excluding hydrogens is 346 g/mol. The molecule has 0 heterocycles. The van der Waals surface area contributed by atoms with Crippen molar-refractivity contribution in [2.75, 3.05) is 23.1 Å². The Bertz CT molecular complexity index is 847. The predicted octanol–water partition coefficient (Wildman–Crippen LogP) is 3.18. The number of hydrogen-bond donors (Lipinski definition) is 3. The fourth-order valence-electron chi connectivity index (χ4n) is 2.41. The van der Waals surface area contributed by atoms with Crippen molar-refractivity contribution in [1.29, 1.82) is 0 Å². The molecule has 7 heteroatoms. The Morgan fingerprint density at radius 3 is 2.11 bits per heavy atom. The van der Waals surface area contributed by atoms with Crippen LogP contribution in [0.15, 0.2) is 42.5 Å². The van der Waals surface area contributed by atoms with Gasteiger partial charge in [-0.1, -0.05) is 6.07 Å². The van der Waals surface area contributed by atoms with Gasteiger partial charge in [0.25, 0.3) is 0 Å². The number of benzene rings is 2. The van der Waals surface area contributed by atoms with Crippen LogP contribution in [-0.2, 0) is 14.3 Å². The smallest absolute Gasteiger partial charge is 0.337 e. The van der Waals surface area contributed by atoms with E-state index in [9.17, 15) is 14.4 Å². The molecule has 2 aromatic carbocycles. The quantitative estimate of drug-likeness (QED) is 0.680. The van der Waals surface area contributed by atoms with Gasteiger partial charge in [0.05, 0.1) is 12.7 Å². The number of carbonyl (C=O) groups excluding carboxylic acids is 3. The van der Waals surface area contributed by atoms with Crippen LogP contribution in [0.3, 0.4) is 0 Å². The van der Waals surface area contributed by atoms with Crippen LogP contribution < -0.4 is 16.0 Å². The normalized spacial score (nSPS) is 11.3. The molecule has 7 nitrogen and oxygen atoms in total. The highest BCUT2D eigenvalue weighted by Crippen LogP contribution is 2.19. The van der Waals surface area contributed by atoms with Gasteiger partial charge in [0.2, 0.25) is 11.8 Å². The average Bonchev–Trinajstić information content (AvgIpc) is 2.63. The highest BCUT2D eigenvalue weighted by molar-refractivity contribution is 5.97. The maximum atomic E-state index is 12.4. The largest absolute Gasteiger partial charge is 0.465 e. The van der Waals surface area contributed by atoms with E-state index in [1.54, 1.807) is 49.4 Å². The van der Waals surface area contributed by atoms with Crippen LogP contribution >= 0.6 is 0 Å². The predicted molar refractivity (Wildman–Crippen MR) is 105 cm³/mol. The van der Waals surface area contributed by atoms with Gasteiger partial charge < -0.3 is 20.7 Å². The number of amides is 2. The molecule has 0 bridgehead atoms. The van der Waals surface area contributed by atoms with Gasteiger partial charge in [0.1, 0.15) is 6.04 Å². The Labute approximate surface area is 158 Å². The number of rotatable bonds is 6. The van der Waals surface area contributed by atoms with Crippen LogP contribution in [0.1, 0.15) is 29.8 Å². The minimum atomic E-state index is -0.536. The first-order chi connectivity index (χ1) is 12.8. The van der Waals surface area contributed by atoms with Crippen molar-refractivity contribution in [2.24, 2.45) is 0 Å². The Hall–Kier alpha value is -3.35. The molecule has 0 fully saturated rings. The Morgan fingerprint density at radius 2 is 1.56 bits per heavy atom. The molecule has 2 rings (SSSR count). The van der Waals surface area contributed by atoms with Crippen LogP contribution in [0.25, 0.3) is 0 Å². The molecule has 2 amide bonds. The number of aryl methyl sites for hydroxylation is 1. The Morgan fingerprint density at radius 1 is 0.963 bits per heavy atom. The van der Waals surface area contributed by atoms with Gasteiger partial charge in [0, 0.05) is 24.0 Å². The molecule has 0 saturated carbocycles. The van der Waals surface area contributed by atoms with E-state index in [1.807, 2.05) is 6.92 Å². The second kappa shape index (κ2) is 8.84. The van der Waals surface area contributed by atoms with Crippen LogP contribution in [0.5, 0.6) is 0 Å². The summed E-state index contributed by atoms with van der Waals surface area (Å²) in [5.41, 5.74) is 3.26. The first kappa shape index (κ1) is 20.0. The summed E-state index contributed by atoms with van der Waals surface area (Å²) in [5.74, 6) is -0.825. The Balaban J connectivity index is 2.03. The summed E-state index contributed by atoms with van der Waals surface area (Å²) in [7, 11) is 1.32. The van der Waals surface area contributed by atoms with Gasteiger partial charge in [-0.15, -0.1) is 0 Å². The van der Waals surface area contributed by atoms with Crippen LogP contribution in [0, 0.1) is 6.92 Å². The highest BCUT2D eigenvalue weighted by atomic mass is 16.5.